The second-order valence-corrected chi connectivity index (χ2v) is 7.08. The van der Waals surface area contributed by atoms with Crippen molar-refractivity contribution < 1.29 is 9.90 Å². The van der Waals surface area contributed by atoms with Crippen molar-refractivity contribution in [2.75, 3.05) is 6.54 Å². The fourth-order valence-electron chi connectivity index (χ4n) is 3.31. The molecule has 2 heterocycles. The van der Waals surface area contributed by atoms with Gasteiger partial charge in [-0.25, -0.2) is 4.98 Å². The van der Waals surface area contributed by atoms with E-state index in [1.54, 1.807) is 4.90 Å². The first-order chi connectivity index (χ1) is 10.7. The molecule has 0 saturated carbocycles. The molecule has 0 radical (unpaired) electrons. The van der Waals surface area contributed by atoms with E-state index >= 15 is 0 Å². The number of hydrogen-bond acceptors (Lipinski definition) is 4. The number of thiazole rings is 1. The van der Waals surface area contributed by atoms with Crippen LogP contribution in [0.5, 0.6) is 0 Å². The van der Waals surface area contributed by atoms with Crippen LogP contribution in [0.2, 0.25) is 0 Å². The van der Waals surface area contributed by atoms with Crippen molar-refractivity contribution >= 4 is 17.2 Å². The number of aliphatic hydroxyl groups is 1. The molecule has 114 valence electrons. The van der Waals surface area contributed by atoms with Gasteiger partial charge in [0, 0.05) is 11.4 Å². The van der Waals surface area contributed by atoms with Crippen LogP contribution in [-0.4, -0.2) is 27.4 Å². The summed E-state index contributed by atoms with van der Waals surface area (Å²) in [5.41, 5.74) is 3.07. The van der Waals surface area contributed by atoms with Gasteiger partial charge in [0.15, 0.2) is 5.01 Å². The van der Waals surface area contributed by atoms with Gasteiger partial charge in [-0.3, -0.25) is 4.79 Å². The fourth-order valence-corrected chi connectivity index (χ4v) is 4.43. The van der Waals surface area contributed by atoms with Crippen LogP contribution in [0, 0.1) is 0 Å². The molecule has 4 rings (SSSR count). The van der Waals surface area contributed by atoms with E-state index in [2.05, 4.69) is 4.98 Å². The molecule has 1 aromatic carbocycles. The highest BCUT2D eigenvalue weighted by atomic mass is 32.1. The lowest BCUT2D eigenvalue weighted by molar-refractivity contribution is 0.0549. The molecular weight excluding hydrogens is 296 g/mol. The molecule has 0 spiro atoms. The van der Waals surface area contributed by atoms with Crippen LogP contribution >= 0.6 is 11.3 Å². The first-order valence-corrected chi connectivity index (χ1v) is 8.58. The summed E-state index contributed by atoms with van der Waals surface area (Å²) < 4.78 is 0. The van der Waals surface area contributed by atoms with E-state index in [0.29, 0.717) is 18.1 Å². The molecule has 1 aromatic heterocycles. The van der Waals surface area contributed by atoms with E-state index in [-0.39, 0.29) is 5.91 Å². The van der Waals surface area contributed by atoms with Crippen LogP contribution in [0.3, 0.4) is 0 Å². The summed E-state index contributed by atoms with van der Waals surface area (Å²) in [5.74, 6) is -0.0482. The number of nitrogens with zero attached hydrogens (tertiary/aromatic N) is 2. The highest BCUT2D eigenvalue weighted by Crippen LogP contribution is 2.30. The molecule has 2 aliphatic rings. The molecule has 1 N–H and O–H groups in total. The van der Waals surface area contributed by atoms with Crippen molar-refractivity contribution in [3.8, 4) is 0 Å². The molecule has 2 aromatic rings. The number of aliphatic hydroxyl groups excluding tert-OH is 1. The predicted octanol–water partition coefficient (Wildman–Crippen LogP) is 2.71. The number of aromatic nitrogens is 1. The molecule has 1 atom stereocenters. The highest BCUT2D eigenvalue weighted by Gasteiger charge is 2.29. The summed E-state index contributed by atoms with van der Waals surface area (Å²) in [4.78, 5) is 20.3. The second-order valence-electron chi connectivity index (χ2n) is 6.00. The largest absolute Gasteiger partial charge is 0.387 e. The number of fused-ring (bicyclic) bond motifs is 2. The van der Waals surface area contributed by atoms with E-state index < -0.39 is 6.10 Å². The van der Waals surface area contributed by atoms with E-state index in [4.69, 9.17) is 0 Å². The summed E-state index contributed by atoms with van der Waals surface area (Å²) in [6.45, 7) is 0.899. The smallest absolute Gasteiger partial charge is 0.283 e. The van der Waals surface area contributed by atoms with Gasteiger partial charge in [-0.05, 0) is 36.8 Å². The molecule has 5 heteroatoms. The number of carbonyl (C=O) groups excluding carboxylic acids is 1. The minimum atomic E-state index is -0.608. The zero-order valence-electron chi connectivity index (χ0n) is 12.3. The number of amides is 1. The molecule has 1 unspecified atom stereocenters. The topological polar surface area (TPSA) is 53.4 Å². The minimum absolute atomic E-state index is 0.0482. The Kier molecular flexibility index (Phi) is 3.47. The van der Waals surface area contributed by atoms with Gasteiger partial charge in [-0.1, -0.05) is 24.3 Å². The van der Waals surface area contributed by atoms with E-state index in [0.717, 1.165) is 29.7 Å². The van der Waals surface area contributed by atoms with Crippen molar-refractivity contribution in [3.63, 3.8) is 0 Å². The van der Waals surface area contributed by atoms with Gasteiger partial charge in [-0.15, -0.1) is 11.3 Å². The lowest BCUT2D eigenvalue weighted by Gasteiger charge is -2.31. The first kappa shape index (κ1) is 13.9. The zero-order chi connectivity index (χ0) is 15.1. The van der Waals surface area contributed by atoms with Crippen LogP contribution in [0.4, 0.5) is 0 Å². The molecule has 0 bridgehead atoms. The van der Waals surface area contributed by atoms with Crippen molar-refractivity contribution in [3.05, 3.63) is 51.0 Å². The molecule has 1 aliphatic heterocycles. The van der Waals surface area contributed by atoms with Crippen LogP contribution in [-0.2, 0) is 19.4 Å². The Morgan fingerprint density at radius 1 is 1.27 bits per heavy atom. The van der Waals surface area contributed by atoms with Crippen LogP contribution in [0.15, 0.2) is 24.3 Å². The van der Waals surface area contributed by atoms with Crippen molar-refractivity contribution in [1.29, 1.82) is 0 Å². The van der Waals surface area contributed by atoms with E-state index in [1.807, 2.05) is 24.3 Å². The summed E-state index contributed by atoms with van der Waals surface area (Å²) in [5, 5.41) is 10.9. The van der Waals surface area contributed by atoms with Gasteiger partial charge < -0.3 is 10.0 Å². The van der Waals surface area contributed by atoms with Crippen LogP contribution in [0.1, 0.15) is 50.4 Å². The number of aryl methyl sites for hydroxylation is 2. The molecule has 22 heavy (non-hydrogen) atoms. The third-order valence-electron chi connectivity index (χ3n) is 4.48. The lowest BCUT2D eigenvalue weighted by Crippen LogP contribution is -2.38. The Bertz CT molecular complexity index is 702. The van der Waals surface area contributed by atoms with Crippen LogP contribution < -0.4 is 0 Å². The third-order valence-corrected chi connectivity index (χ3v) is 5.63. The Morgan fingerprint density at radius 3 is 2.95 bits per heavy atom. The minimum Gasteiger partial charge on any atom is -0.387 e. The Balaban J connectivity index is 1.60. The lowest BCUT2D eigenvalue weighted by atomic mass is 9.97. The molecular formula is C17H18N2O2S. The number of benzene rings is 1. The molecule has 0 fully saturated rings. The Labute approximate surface area is 133 Å². The zero-order valence-corrected chi connectivity index (χ0v) is 13.1. The fraction of sp³-hybridized carbons (Fsp3) is 0.412. The monoisotopic (exact) mass is 314 g/mol. The quantitative estimate of drug-likeness (QED) is 0.880. The molecule has 1 aliphatic carbocycles. The van der Waals surface area contributed by atoms with E-state index in [9.17, 15) is 9.90 Å². The number of hydrogen-bond donors (Lipinski definition) is 1. The average Bonchev–Trinajstić information content (AvgIpc) is 2.98. The first-order valence-electron chi connectivity index (χ1n) is 7.76. The van der Waals surface area contributed by atoms with Crippen LogP contribution in [0.25, 0.3) is 0 Å². The maximum Gasteiger partial charge on any atom is 0.283 e. The summed E-state index contributed by atoms with van der Waals surface area (Å²) in [7, 11) is 0. The third kappa shape index (κ3) is 2.34. The SMILES string of the molecule is O=C(c1nc2c(s1)CCCC2)N1Cc2ccccc2C(O)C1. The maximum absolute atomic E-state index is 12.7. The van der Waals surface area contributed by atoms with Crippen molar-refractivity contribution in [2.45, 2.75) is 38.3 Å². The van der Waals surface area contributed by atoms with Crippen molar-refractivity contribution in [2.24, 2.45) is 0 Å². The number of carbonyl (C=O) groups is 1. The second kappa shape index (κ2) is 5.48. The van der Waals surface area contributed by atoms with Crippen molar-refractivity contribution in [1.82, 2.24) is 9.88 Å². The molecule has 4 nitrogen and oxygen atoms in total. The summed E-state index contributed by atoms with van der Waals surface area (Å²) >= 11 is 1.54. The average molecular weight is 314 g/mol. The summed E-state index contributed by atoms with van der Waals surface area (Å²) in [6, 6.07) is 7.78. The molecule has 1 amide bonds. The predicted molar refractivity (Wildman–Crippen MR) is 84.9 cm³/mol. The summed E-state index contributed by atoms with van der Waals surface area (Å²) in [6.07, 6.45) is 3.79. The Morgan fingerprint density at radius 2 is 2.09 bits per heavy atom. The Hall–Kier alpha value is -1.72. The van der Waals surface area contributed by atoms with E-state index in [1.165, 1.54) is 29.1 Å². The van der Waals surface area contributed by atoms with Gasteiger partial charge in [0.1, 0.15) is 0 Å². The van der Waals surface area contributed by atoms with Gasteiger partial charge in [0.2, 0.25) is 0 Å². The van der Waals surface area contributed by atoms with Gasteiger partial charge >= 0.3 is 0 Å². The highest BCUT2D eigenvalue weighted by molar-refractivity contribution is 7.13. The van der Waals surface area contributed by atoms with Gasteiger partial charge in [-0.2, -0.15) is 0 Å². The van der Waals surface area contributed by atoms with Gasteiger partial charge in [0.05, 0.1) is 18.3 Å². The molecule has 0 saturated heterocycles. The number of β-amino-alcohol motifs (C(OH)–C–C–N with tert-alkyl or cyclic N) is 1. The number of rotatable bonds is 1. The maximum atomic E-state index is 12.7. The standard InChI is InChI=1S/C17H18N2O2S/c20-14-10-19(9-11-5-1-2-6-12(11)14)17(21)16-18-13-7-3-4-8-15(13)22-16/h1-2,5-6,14,20H,3-4,7-10H2. The normalized spacial score (nSPS) is 20.4. The van der Waals surface area contributed by atoms with Gasteiger partial charge in [0.25, 0.3) is 5.91 Å².